The lowest BCUT2D eigenvalue weighted by atomic mass is 9.88. The highest BCUT2D eigenvalue weighted by Gasteiger charge is 2.46. The van der Waals surface area contributed by atoms with Gasteiger partial charge in [0.05, 0.1) is 6.42 Å². The van der Waals surface area contributed by atoms with E-state index >= 15 is 0 Å². The van der Waals surface area contributed by atoms with Gasteiger partial charge in [0.25, 0.3) is 5.91 Å². The first kappa shape index (κ1) is 15.7. The summed E-state index contributed by atoms with van der Waals surface area (Å²) in [5, 5.41) is 13.8. The van der Waals surface area contributed by atoms with Crippen LogP contribution in [0.5, 0.6) is 0 Å². The molecule has 1 aliphatic heterocycles. The van der Waals surface area contributed by atoms with Crippen LogP contribution in [0, 0.1) is 0 Å². The van der Waals surface area contributed by atoms with Crippen LogP contribution in [0.1, 0.15) is 34.8 Å². The van der Waals surface area contributed by atoms with Gasteiger partial charge in [-0.15, -0.1) is 0 Å². The SMILES string of the molecule is CCc1ccc(C(=O)CC2(O)C(=O)Nc3ccc(Cl)cc32)cc1. The van der Waals surface area contributed by atoms with Crippen LogP contribution in [0.4, 0.5) is 5.69 Å². The van der Waals surface area contributed by atoms with Crippen LogP contribution in [0.15, 0.2) is 42.5 Å². The number of Topliss-reactive ketones (excluding diaryl/α,β-unsaturated/α-hetero) is 1. The molecule has 1 aliphatic rings. The largest absolute Gasteiger partial charge is 0.375 e. The zero-order valence-corrected chi connectivity index (χ0v) is 13.4. The Hall–Kier alpha value is -2.17. The lowest BCUT2D eigenvalue weighted by Crippen LogP contribution is -2.36. The zero-order chi connectivity index (χ0) is 16.6. The van der Waals surface area contributed by atoms with Gasteiger partial charge in [0.1, 0.15) is 0 Å². The molecule has 0 spiro atoms. The van der Waals surface area contributed by atoms with Gasteiger partial charge in [0.15, 0.2) is 11.4 Å². The number of nitrogens with one attached hydrogen (secondary N) is 1. The minimum Gasteiger partial charge on any atom is -0.375 e. The van der Waals surface area contributed by atoms with Crippen molar-refractivity contribution in [2.24, 2.45) is 0 Å². The van der Waals surface area contributed by atoms with Crippen molar-refractivity contribution in [2.75, 3.05) is 5.32 Å². The van der Waals surface area contributed by atoms with Crippen molar-refractivity contribution in [3.63, 3.8) is 0 Å². The molecule has 1 heterocycles. The van der Waals surface area contributed by atoms with E-state index in [1.54, 1.807) is 24.3 Å². The third kappa shape index (κ3) is 2.76. The van der Waals surface area contributed by atoms with Gasteiger partial charge in [-0.1, -0.05) is 42.8 Å². The third-order valence-corrected chi connectivity index (χ3v) is 4.39. The number of rotatable bonds is 4. The monoisotopic (exact) mass is 329 g/mol. The van der Waals surface area contributed by atoms with E-state index in [9.17, 15) is 14.7 Å². The first-order valence-corrected chi connectivity index (χ1v) is 7.78. The van der Waals surface area contributed by atoms with E-state index in [0.29, 0.717) is 21.8 Å². The summed E-state index contributed by atoms with van der Waals surface area (Å²) < 4.78 is 0. The maximum Gasteiger partial charge on any atom is 0.261 e. The molecule has 1 amide bonds. The van der Waals surface area contributed by atoms with Crippen LogP contribution in [-0.4, -0.2) is 16.8 Å². The normalized spacial score (nSPS) is 19.3. The van der Waals surface area contributed by atoms with Gasteiger partial charge >= 0.3 is 0 Å². The topological polar surface area (TPSA) is 66.4 Å². The van der Waals surface area contributed by atoms with E-state index < -0.39 is 11.5 Å². The molecule has 118 valence electrons. The second-order valence-corrected chi connectivity index (χ2v) is 6.09. The van der Waals surface area contributed by atoms with Gasteiger partial charge in [0, 0.05) is 21.8 Å². The molecular weight excluding hydrogens is 314 g/mol. The second kappa shape index (κ2) is 5.80. The molecule has 0 bridgehead atoms. The average molecular weight is 330 g/mol. The standard InChI is InChI=1S/C18H16ClNO3/c1-2-11-3-5-12(6-4-11)16(21)10-18(23)14-9-13(19)7-8-15(14)20-17(18)22/h3-9,23H,2,10H2,1H3,(H,20,22). The van der Waals surface area contributed by atoms with E-state index in [-0.39, 0.29) is 12.2 Å². The molecule has 5 heteroatoms. The predicted octanol–water partition coefficient (Wildman–Crippen LogP) is 3.32. The molecule has 0 aromatic heterocycles. The number of fused-ring (bicyclic) bond motifs is 1. The van der Waals surface area contributed by atoms with Crippen LogP contribution < -0.4 is 5.32 Å². The van der Waals surface area contributed by atoms with Gasteiger partial charge in [-0.3, -0.25) is 9.59 Å². The zero-order valence-electron chi connectivity index (χ0n) is 12.6. The van der Waals surface area contributed by atoms with E-state index in [1.165, 1.54) is 6.07 Å². The van der Waals surface area contributed by atoms with Crippen LogP contribution >= 0.6 is 11.6 Å². The fraction of sp³-hybridized carbons (Fsp3) is 0.222. The lowest BCUT2D eigenvalue weighted by Gasteiger charge is -2.20. The lowest BCUT2D eigenvalue weighted by molar-refractivity contribution is -0.133. The highest BCUT2D eigenvalue weighted by Crippen LogP contribution is 2.40. The molecular formula is C18H16ClNO3. The Balaban J connectivity index is 1.90. The van der Waals surface area contributed by atoms with Crippen LogP contribution in [0.2, 0.25) is 5.02 Å². The first-order chi connectivity index (χ1) is 10.9. The number of benzene rings is 2. The number of hydrogen-bond acceptors (Lipinski definition) is 3. The Morgan fingerprint density at radius 1 is 1.22 bits per heavy atom. The molecule has 2 N–H and O–H groups in total. The molecule has 1 atom stereocenters. The molecule has 0 aliphatic carbocycles. The number of carbonyl (C=O) groups is 2. The van der Waals surface area contributed by atoms with E-state index in [1.807, 2.05) is 19.1 Å². The van der Waals surface area contributed by atoms with Crippen molar-refractivity contribution in [3.8, 4) is 0 Å². The van der Waals surface area contributed by atoms with Gasteiger partial charge in [-0.05, 0) is 30.2 Å². The number of carbonyl (C=O) groups excluding carboxylic acids is 2. The Kier molecular flexibility index (Phi) is 3.96. The van der Waals surface area contributed by atoms with Crippen LogP contribution in [0.25, 0.3) is 0 Å². The molecule has 0 fully saturated rings. The summed E-state index contributed by atoms with van der Waals surface area (Å²) in [4.78, 5) is 24.6. The summed E-state index contributed by atoms with van der Waals surface area (Å²) in [7, 11) is 0. The minimum absolute atomic E-state index is 0.293. The van der Waals surface area contributed by atoms with Crippen LogP contribution in [0.3, 0.4) is 0 Å². The Bertz CT molecular complexity index is 785. The Morgan fingerprint density at radius 3 is 2.57 bits per heavy atom. The van der Waals surface area contributed by atoms with E-state index in [0.717, 1.165) is 12.0 Å². The highest BCUT2D eigenvalue weighted by atomic mass is 35.5. The fourth-order valence-electron chi connectivity index (χ4n) is 2.75. The number of amides is 1. The number of halogens is 1. The summed E-state index contributed by atoms with van der Waals surface area (Å²) in [5.41, 5.74) is 0.528. The minimum atomic E-state index is -1.89. The van der Waals surface area contributed by atoms with Crippen molar-refractivity contribution in [2.45, 2.75) is 25.4 Å². The molecule has 0 radical (unpaired) electrons. The number of hydrogen-bond donors (Lipinski definition) is 2. The average Bonchev–Trinajstić information content (AvgIpc) is 2.79. The molecule has 0 saturated heterocycles. The number of anilines is 1. The smallest absolute Gasteiger partial charge is 0.261 e. The summed E-state index contributed by atoms with van der Waals surface area (Å²) in [6.07, 6.45) is 0.560. The quantitative estimate of drug-likeness (QED) is 0.846. The number of aliphatic hydroxyl groups is 1. The van der Waals surface area contributed by atoms with Crippen molar-refractivity contribution in [1.29, 1.82) is 0 Å². The van der Waals surface area contributed by atoms with Crippen molar-refractivity contribution >= 4 is 29.0 Å². The Morgan fingerprint density at radius 2 is 1.91 bits per heavy atom. The van der Waals surface area contributed by atoms with Crippen molar-refractivity contribution < 1.29 is 14.7 Å². The van der Waals surface area contributed by atoms with Gasteiger partial charge in [-0.2, -0.15) is 0 Å². The highest BCUT2D eigenvalue weighted by molar-refractivity contribution is 6.31. The molecule has 3 rings (SSSR count). The maximum atomic E-state index is 12.5. The molecule has 2 aromatic carbocycles. The second-order valence-electron chi connectivity index (χ2n) is 5.65. The van der Waals surface area contributed by atoms with E-state index in [4.69, 9.17) is 11.6 Å². The molecule has 0 saturated carbocycles. The molecule has 1 unspecified atom stereocenters. The molecule has 2 aromatic rings. The third-order valence-electron chi connectivity index (χ3n) is 4.15. The molecule has 23 heavy (non-hydrogen) atoms. The fourth-order valence-corrected chi connectivity index (χ4v) is 2.92. The van der Waals surface area contributed by atoms with E-state index in [2.05, 4.69) is 5.32 Å². The summed E-state index contributed by atoms with van der Waals surface area (Å²) in [6.45, 7) is 2.03. The molecule has 4 nitrogen and oxygen atoms in total. The van der Waals surface area contributed by atoms with Crippen LogP contribution in [-0.2, 0) is 16.8 Å². The summed E-state index contributed by atoms with van der Waals surface area (Å²) in [5.74, 6) is -0.897. The van der Waals surface area contributed by atoms with Gasteiger partial charge in [-0.25, -0.2) is 0 Å². The van der Waals surface area contributed by atoms with Crippen molar-refractivity contribution in [3.05, 3.63) is 64.2 Å². The Labute approximate surface area is 139 Å². The number of ketones is 1. The van der Waals surface area contributed by atoms with Crippen molar-refractivity contribution in [1.82, 2.24) is 0 Å². The van der Waals surface area contributed by atoms with Gasteiger partial charge < -0.3 is 10.4 Å². The first-order valence-electron chi connectivity index (χ1n) is 7.40. The maximum absolute atomic E-state index is 12.5. The predicted molar refractivity (Wildman–Crippen MR) is 88.7 cm³/mol. The van der Waals surface area contributed by atoms with Gasteiger partial charge in [0.2, 0.25) is 0 Å². The summed E-state index contributed by atoms with van der Waals surface area (Å²) >= 11 is 5.95. The summed E-state index contributed by atoms with van der Waals surface area (Å²) in [6, 6.07) is 11.9. The number of aryl methyl sites for hydroxylation is 1.